The van der Waals surface area contributed by atoms with E-state index in [1.165, 1.54) is 0 Å². The van der Waals surface area contributed by atoms with Crippen molar-refractivity contribution < 1.29 is 19.1 Å². The van der Waals surface area contributed by atoms with E-state index in [9.17, 15) is 14.9 Å². The first-order valence-electron chi connectivity index (χ1n) is 8.92. The van der Waals surface area contributed by atoms with Crippen molar-refractivity contribution in [3.63, 3.8) is 0 Å². The summed E-state index contributed by atoms with van der Waals surface area (Å²) in [7, 11) is 0. The molecule has 26 heavy (non-hydrogen) atoms. The monoisotopic (exact) mass is 351 g/mol. The molecule has 2 bridgehead atoms. The van der Waals surface area contributed by atoms with Crippen LogP contribution in [-0.2, 0) is 19.1 Å². The van der Waals surface area contributed by atoms with Gasteiger partial charge in [-0.1, -0.05) is 56.3 Å². The number of cyclic esters (lactones) is 1. The number of carbonyl (C=O) groups is 2. The summed E-state index contributed by atoms with van der Waals surface area (Å²) in [6.07, 6.45) is 3.83. The number of esters is 2. The third kappa shape index (κ3) is 2.21. The van der Waals surface area contributed by atoms with Gasteiger partial charge in [-0.25, -0.2) is 4.79 Å². The molecule has 5 heteroatoms. The maximum absolute atomic E-state index is 13.3. The van der Waals surface area contributed by atoms with Gasteiger partial charge in [-0.2, -0.15) is 5.26 Å². The summed E-state index contributed by atoms with van der Waals surface area (Å²) in [5.74, 6) is -1.49. The van der Waals surface area contributed by atoms with Crippen LogP contribution in [0.25, 0.3) is 0 Å². The Balaban J connectivity index is 1.72. The molecule has 4 rings (SSSR count). The van der Waals surface area contributed by atoms with Gasteiger partial charge in [-0.3, -0.25) is 4.79 Å². The van der Waals surface area contributed by atoms with Gasteiger partial charge in [-0.15, -0.1) is 0 Å². The summed E-state index contributed by atoms with van der Waals surface area (Å²) < 4.78 is 10.7. The molecule has 1 aromatic carbocycles. The van der Waals surface area contributed by atoms with Crippen molar-refractivity contribution in [1.29, 1.82) is 5.26 Å². The van der Waals surface area contributed by atoms with Crippen LogP contribution in [0.1, 0.15) is 31.7 Å². The van der Waals surface area contributed by atoms with E-state index in [0.29, 0.717) is 0 Å². The van der Waals surface area contributed by atoms with Crippen molar-refractivity contribution >= 4 is 11.9 Å². The zero-order valence-corrected chi connectivity index (χ0v) is 14.8. The Morgan fingerprint density at radius 2 is 2.00 bits per heavy atom. The average Bonchev–Trinajstić information content (AvgIpc) is 3.30. The molecule has 0 radical (unpaired) electrons. The van der Waals surface area contributed by atoms with Gasteiger partial charge in [0, 0.05) is 17.3 Å². The second-order valence-corrected chi connectivity index (χ2v) is 8.14. The normalized spacial score (nSPS) is 36.6. The van der Waals surface area contributed by atoms with Crippen molar-refractivity contribution in [2.75, 3.05) is 6.61 Å². The number of allylic oxidation sites excluding steroid dienone is 2. The van der Waals surface area contributed by atoms with Crippen LogP contribution in [0.15, 0.2) is 42.5 Å². The number of rotatable bonds is 3. The molecule has 1 saturated carbocycles. The summed E-state index contributed by atoms with van der Waals surface area (Å²) in [6, 6.07) is 11.9. The molecular weight excluding hydrogens is 330 g/mol. The first-order chi connectivity index (χ1) is 12.4. The fourth-order valence-corrected chi connectivity index (χ4v) is 4.67. The van der Waals surface area contributed by atoms with Crippen LogP contribution in [-0.4, -0.2) is 24.6 Å². The molecule has 134 valence electrons. The van der Waals surface area contributed by atoms with E-state index in [2.05, 4.69) is 12.1 Å². The average molecular weight is 351 g/mol. The number of fused-ring (bicyclic) bond motifs is 2. The second-order valence-electron chi connectivity index (χ2n) is 8.14. The Morgan fingerprint density at radius 3 is 2.62 bits per heavy atom. The quantitative estimate of drug-likeness (QED) is 0.618. The van der Waals surface area contributed by atoms with Gasteiger partial charge >= 0.3 is 11.9 Å². The van der Waals surface area contributed by atoms with Gasteiger partial charge in [0.1, 0.15) is 6.61 Å². The lowest BCUT2D eigenvalue weighted by Crippen LogP contribution is -2.45. The topological polar surface area (TPSA) is 76.4 Å². The third-order valence-corrected chi connectivity index (χ3v) is 6.04. The summed E-state index contributed by atoms with van der Waals surface area (Å²) >= 11 is 0. The minimum Gasteiger partial charge on any atom is -0.462 e. The molecule has 0 aromatic heterocycles. The molecule has 0 N–H and O–H groups in total. The molecule has 1 heterocycles. The van der Waals surface area contributed by atoms with Gasteiger partial charge in [0.05, 0.1) is 6.07 Å². The Hall–Kier alpha value is -2.61. The summed E-state index contributed by atoms with van der Waals surface area (Å²) in [5, 5.41) is 10.1. The van der Waals surface area contributed by atoms with Crippen molar-refractivity contribution in [2.45, 2.75) is 32.3 Å². The predicted molar refractivity (Wildman–Crippen MR) is 92.6 cm³/mol. The molecule has 3 aliphatic rings. The third-order valence-electron chi connectivity index (χ3n) is 6.04. The van der Waals surface area contributed by atoms with Crippen molar-refractivity contribution in [3.05, 3.63) is 48.0 Å². The highest BCUT2D eigenvalue weighted by atomic mass is 16.6. The maximum atomic E-state index is 13.3. The Morgan fingerprint density at radius 1 is 1.27 bits per heavy atom. The molecule has 1 saturated heterocycles. The van der Waals surface area contributed by atoms with E-state index in [1.54, 1.807) is 0 Å². The first kappa shape index (κ1) is 16.8. The van der Waals surface area contributed by atoms with E-state index < -0.39 is 28.9 Å². The number of nitrogens with zero attached hydrogens (tertiary/aromatic N) is 1. The fraction of sp³-hybridized carbons (Fsp3) is 0.476. The number of nitriles is 1. The van der Waals surface area contributed by atoms with Crippen LogP contribution in [0.2, 0.25) is 0 Å². The van der Waals surface area contributed by atoms with Crippen LogP contribution in [0.4, 0.5) is 0 Å². The summed E-state index contributed by atoms with van der Waals surface area (Å²) in [5.41, 5.74) is -0.949. The Kier molecular flexibility index (Phi) is 3.69. The lowest BCUT2D eigenvalue weighted by molar-refractivity contribution is -0.171. The molecule has 0 spiro atoms. The van der Waals surface area contributed by atoms with E-state index >= 15 is 0 Å². The highest BCUT2D eigenvalue weighted by molar-refractivity contribution is 5.87. The lowest BCUT2D eigenvalue weighted by atomic mass is 9.66. The molecule has 5 nitrogen and oxygen atoms in total. The smallest absolute Gasteiger partial charge is 0.348 e. The second kappa shape index (κ2) is 5.70. The minimum atomic E-state index is -1.31. The van der Waals surface area contributed by atoms with Crippen molar-refractivity contribution in [2.24, 2.45) is 22.7 Å². The maximum Gasteiger partial charge on any atom is 0.348 e. The number of hydrogen-bond donors (Lipinski definition) is 0. The van der Waals surface area contributed by atoms with Crippen LogP contribution < -0.4 is 0 Å². The molecule has 1 aromatic rings. The first-order valence-corrected chi connectivity index (χ1v) is 8.92. The summed E-state index contributed by atoms with van der Waals surface area (Å²) in [6.45, 7) is 3.85. The zero-order valence-electron chi connectivity index (χ0n) is 14.8. The Labute approximate surface area is 152 Å². The van der Waals surface area contributed by atoms with Gasteiger partial charge in [-0.05, 0) is 17.9 Å². The molecule has 2 aliphatic carbocycles. The number of hydrogen-bond acceptors (Lipinski definition) is 5. The number of benzene rings is 1. The SMILES string of the molecule is CC1(C)COC(=O)[C@@H]1OC(=O)[C@]1(C#N)[C@@H]2C=C[C@@H](C2)[C@H]1c1ccccc1. The van der Waals surface area contributed by atoms with E-state index in [0.717, 1.165) is 12.0 Å². The molecular formula is C21H21NO4. The van der Waals surface area contributed by atoms with Crippen LogP contribution in [0, 0.1) is 34.0 Å². The number of carbonyl (C=O) groups excluding carboxylic acids is 2. The zero-order chi connectivity index (χ0) is 18.5. The molecule has 1 aliphatic heterocycles. The molecule has 2 fully saturated rings. The Bertz CT molecular complexity index is 822. The van der Waals surface area contributed by atoms with Gasteiger partial charge in [0.25, 0.3) is 0 Å². The molecule has 0 unspecified atom stereocenters. The van der Waals surface area contributed by atoms with Crippen LogP contribution in [0.3, 0.4) is 0 Å². The van der Waals surface area contributed by atoms with Crippen LogP contribution >= 0.6 is 0 Å². The predicted octanol–water partition coefficient (Wildman–Crippen LogP) is 2.98. The molecule has 5 atom stereocenters. The molecule has 0 amide bonds. The number of ether oxygens (including phenoxy) is 2. The van der Waals surface area contributed by atoms with Gasteiger partial charge in [0.15, 0.2) is 5.41 Å². The fourth-order valence-electron chi connectivity index (χ4n) is 4.67. The van der Waals surface area contributed by atoms with Gasteiger partial charge < -0.3 is 9.47 Å². The highest BCUT2D eigenvalue weighted by Crippen LogP contribution is 2.61. The van der Waals surface area contributed by atoms with E-state index in [-0.39, 0.29) is 24.4 Å². The van der Waals surface area contributed by atoms with Gasteiger partial charge in [0.2, 0.25) is 6.10 Å². The van der Waals surface area contributed by atoms with Crippen LogP contribution in [0.5, 0.6) is 0 Å². The summed E-state index contributed by atoms with van der Waals surface area (Å²) in [4.78, 5) is 25.3. The highest BCUT2D eigenvalue weighted by Gasteiger charge is 2.64. The lowest BCUT2D eigenvalue weighted by Gasteiger charge is -2.35. The minimum absolute atomic E-state index is 0.123. The van der Waals surface area contributed by atoms with E-state index in [1.807, 2.05) is 50.3 Å². The van der Waals surface area contributed by atoms with Crippen molar-refractivity contribution in [3.8, 4) is 6.07 Å². The van der Waals surface area contributed by atoms with Crippen molar-refractivity contribution in [1.82, 2.24) is 0 Å². The van der Waals surface area contributed by atoms with E-state index in [4.69, 9.17) is 9.47 Å². The standard InChI is InChI=1S/C21H21NO4/c1-20(2)12-25-18(23)17(20)26-19(24)21(11-22)15-9-8-14(10-15)16(21)13-6-4-3-5-7-13/h3-9,14-17H,10,12H2,1-2H3/t14-,15+,16+,17-,21+/m0/s1. The largest absolute Gasteiger partial charge is 0.462 e.